The molecular formula is C17H22FNO4. The van der Waals surface area contributed by atoms with Crippen LogP contribution in [0.3, 0.4) is 0 Å². The van der Waals surface area contributed by atoms with E-state index >= 15 is 0 Å². The number of aliphatic hydroxyl groups excluding tert-OH is 1. The molecule has 1 aromatic carbocycles. The number of carbonyl (C=O) groups is 2. The van der Waals surface area contributed by atoms with E-state index in [1.54, 1.807) is 25.1 Å². The monoisotopic (exact) mass is 323 g/mol. The second-order valence-corrected chi connectivity index (χ2v) is 5.17. The quantitative estimate of drug-likeness (QED) is 0.586. The van der Waals surface area contributed by atoms with Gasteiger partial charge in [0.15, 0.2) is 0 Å². The van der Waals surface area contributed by atoms with Gasteiger partial charge >= 0.3 is 5.97 Å². The van der Waals surface area contributed by atoms with Crippen molar-refractivity contribution in [1.29, 1.82) is 0 Å². The first-order valence-electron chi connectivity index (χ1n) is 7.39. The van der Waals surface area contributed by atoms with Crippen molar-refractivity contribution in [3.8, 4) is 0 Å². The molecule has 5 nitrogen and oxygen atoms in total. The predicted octanol–water partition coefficient (Wildman–Crippen LogP) is 1.86. The summed E-state index contributed by atoms with van der Waals surface area (Å²) in [5, 5.41) is 8.94. The molecule has 1 N–H and O–H groups in total. The number of methoxy groups -OCH3 is 1. The largest absolute Gasteiger partial charge is 0.469 e. The highest BCUT2D eigenvalue weighted by Gasteiger charge is 2.19. The fourth-order valence-electron chi connectivity index (χ4n) is 2.01. The SMILES string of the molecule is COC(=O)C(C)CN(CCCO)C(=O)/C=C/c1ccc(F)cc1. The van der Waals surface area contributed by atoms with Crippen molar-refractivity contribution in [3.05, 3.63) is 41.7 Å². The lowest BCUT2D eigenvalue weighted by molar-refractivity contribution is -0.146. The Bertz CT molecular complexity index is 542. The first-order chi connectivity index (χ1) is 11.0. The zero-order valence-corrected chi connectivity index (χ0v) is 13.4. The minimum Gasteiger partial charge on any atom is -0.469 e. The maximum Gasteiger partial charge on any atom is 0.310 e. The molecule has 1 amide bonds. The van der Waals surface area contributed by atoms with Crippen LogP contribution in [0.1, 0.15) is 18.9 Å². The van der Waals surface area contributed by atoms with E-state index in [-0.39, 0.29) is 24.9 Å². The van der Waals surface area contributed by atoms with Gasteiger partial charge in [-0.15, -0.1) is 0 Å². The highest BCUT2D eigenvalue weighted by atomic mass is 19.1. The molecule has 0 saturated heterocycles. The van der Waals surface area contributed by atoms with Crippen LogP contribution in [-0.4, -0.2) is 48.7 Å². The van der Waals surface area contributed by atoms with E-state index in [1.807, 2.05) is 0 Å². The van der Waals surface area contributed by atoms with Crippen LogP contribution in [0.2, 0.25) is 0 Å². The molecule has 6 heteroatoms. The summed E-state index contributed by atoms with van der Waals surface area (Å²) in [4.78, 5) is 25.2. The van der Waals surface area contributed by atoms with Gasteiger partial charge in [0, 0.05) is 25.8 Å². The van der Waals surface area contributed by atoms with Crippen LogP contribution in [0.5, 0.6) is 0 Å². The third-order valence-electron chi connectivity index (χ3n) is 3.28. The molecule has 0 heterocycles. The number of rotatable bonds is 8. The Labute approximate surface area is 135 Å². The van der Waals surface area contributed by atoms with Crippen LogP contribution in [0.4, 0.5) is 4.39 Å². The number of halogens is 1. The zero-order chi connectivity index (χ0) is 17.2. The molecule has 0 aliphatic carbocycles. The molecule has 0 fully saturated rings. The van der Waals surface area contributed by atoms with E-state index in [2.05, 4.69) is 4.74 Å². The normalized spacial score (nSPS) is 12.2. The Hall–Kier alpha value is -2.21. The fraction of sp³-hybridized carbons (Fsp3) is 0.412. The molecule has 1 rings (SSSR count). The van der Waals surface area contributed by atoms with Crippen LogP contribution in [0, 0.1) is 11.7 Å². The topological polar surface area (TPSA) is 66.8 Å². The standard InChI is InChI=1S/C17H22FNO4/c1-13(17(22)23-2)12-19(10-3-11-20)16(21)9-6-14-4-7-15(18)8-5-14/h4-9,13,20H,3,10-12H2,1-2H3/b9-6+. The van der Waals surface area contributed by atoms with Crippen molar-refractivity contribution in [1.82, 2.24) is 4.90 Å². The van der Waals surface area contributed by atoms with Crippen LogP contribution in [-0.2, 0) is 14.3 Å². The summed E-state index contributed by atoms with van der Waals surface area (Å²) in [6, 6.07) is 5.75. The summed E-state index contributed by atoms with van der Waals surface area (Å²) in [6.07, 6.45) is 3.37. The molecule has 23 heavy (non-hydrogen) atoms. The molecule has 0 spiro atoms. The number of nitrogens with zero attached hydrogens (tertiary/aromatic N) is 1. The summed E-state index contributed by atoms with van der Waals surface area (Å²) < 4.78 is 17.5. The van der Waals surface area contributed by atoms with Gasteiger partial charge < -0.3 is 14.7 Å². The maximum atomic E-state index is 12.8. The molecule has 0 aliphatic rings. The molecule has 0 saturated carbocycles. The first-order valence-corrected chi connectivity index (χ1v) is 7.39. The van der Waals surface area contributed by atoms with Crippen molar-refractivity contribution in [2.75, 3.05) is 26.8 Å². The lowest BCUT2D eigenvalue weighted by atomic mass is 10.1. The van der Waals surface area contributed by atoms with E-state index in [1.165, 1.54) is 30.2 Å². The number of hydrogen-bond donors (Lipinski definition) is 1. The summed E-state index contributed by atoms with van der Waals surface area (Å²) in [7, 11) is 1.30. The highest BCUT2D eigenvalue weighted by Crippen LogP contribution is 2.08. The number of benzene rings is 1. The van der Waals surface area contributed by atoms with Crippen LogP contribution >= 0.6 is 0 Å². The molecule has 1 aromatic rings. The van der Waals surface area contributed by atoms with Crippen molar-refractivity contribution in [3.63, 3.8) is 0 Å². The van der Waals surface area contributed by atoms with E-state index in [0.717, 1.165) is 0 Å². The zero-order valence-electron chi connectivity index (χ0n) is 13.4. The third kappa shape index (κ3) is 6.61. The van der Waals surface area contributed by atoms with Crippen molar-refractivity contribution in [2.24, 2.45) is 5.92 Å². The molecule has 0 aliphatic heterocycles. The minimum absolute atomic E-state index is 0.0436. The highest BCUT2D eigenvalue weighted by molar-refractivity contribution is 5.92. The average Bonchev–Trinajstić information content (AvgIpc) is 2.56. The van der Waals surface area contributed by atoms with Gasteiger partial charge in [-0.05, 0) is 30.2 Å². The summed E-state index contributed by atoms with van der Waals surface area (Å²) in [5.41, 5.74) is 0.697. The molecule has 0 radical (unpaired) electrons. The number of hydrogen-bond acceptors (Lipinski definition) is 4. The number of carbonyl (C=O) groups excluding carboxylic acids is 2. The smallest absolute Gasteiger partial charge is 0.310 e. The van der Waals surface area contributed by atoms with Gasteiger partial charge in [0.25, 0.3) is 0 Å². The Morgan fingerprint density at radius 1 is 1.35 bits per heavy atom. The van der Waals surface area contributed by atoms with Gasteiger partial charge in [-0.1, -0.05) is 19.1 Å². The Kier molecular flexibility index (Phi) is 7.97. The summed E-state index contributed by atoms with van der Waals surface area (Å²) in [6.45, 7) is 2.18. The molecular weight excluding hydrogens is 301 g/mol. The molecule has 126 valence electrons. The number of esters is 1. The van der Waals surface area contributed by atoms with Gasteiger partial charge in [-0.3, -0.25) is 9.59 Å². The van der Waals surface area contributed by atoms with Gasteiger partial charge in [0.05, 0.1) is 13.0 Å². The summed E-state index contributed by atoms with van der Waals surface area (Å²) >= 11 is 0. The van der Waals surface area contributed by atoms with Crippen molar-refractivity contribution >= 4 is 18.0 Å². The lowest BCUT2D eigenvalue weighted by Gasteiger charge is -2.23. The molecule has 1 atom stereocenters. The number of aliphatic hydroxyl groups is 1. The first kappa shape index (κ1) is 18.8. The Morgan fingerprint density at radius 2 is 2.00 bits per heavy atom. The second-order valence-electron chi connectivity index (χ2n) is 5.17. The van der Waals surface area contributed by atoms with E-state index in [4.69, 9.17) is 5.11 Å². The fourth-order valence-corrected chi connectivity index (χ4v) is 2.01. The number of amides is 1. The average molecular weight is 323 g/mol. The molecule has 1 unspecified atom stereocenters. The van der Waals surface area contributed by atoms with Gasteiger partial charge in [0.1, 0.15) is 5.82 Å². The van der Waals surface area contributed by atoms with Gasteiger partial charge in [0.2, 0.25) is 5.91 Å². The van der Waals surface area contributed by atoms with Crippen LogP contribution < -0.4 is 0 Å². The minimum atomic E-state index is -0.457. The Balaban J connectivity index is 2.74. The second kappa shape index (κ2) is 9.74. The van der Waals surface area contributed by atoms with Crippen LogP contribution in [0.25, 0.3) is 6.08 Å². The third-order valence-corrected chi connectivity index (χ3v) is 3.28. The maximum absolute atomic E-state index is 12.8. The van der Waals surface area contributed by atoms with E-state index in [9.17, 15) is 14.0 Å². The van der Waals surface area contributed by atoms with Crippen LogP contribution in [0.15, 0.2) is 30.3 Å². The van der Waals surface area contributed by atoms with Gasteiger partial charge in [-0.25, -0.2) is 4.39 Å². The number of ether oxygens (including phenoxy) is 1. The summed E-state index contributed by atoms with van der Waals surface area (Å²) in [5.74, 6) is -1.47. The van der Waals surface area contributed by atoms with Crippen molar-refractivity contribution < 1.29 is 23.8 Å². The molecule has 0 bridgehead atoms. The van der Waals surface area contributed by atoms with E-state index < -0.39 is 11.9 Å². The molecule has 0 aromatic heterocycles. The predicted molar refractivity (Wildman–Crippen MR) is 84.9 cm³/mol. The van der Waals surface area contributed by atoms with Gasteiger partial charge in [-0.2, -0.15) is 0 Å². The Morgan fingerprint density at radius 3 is 2.57 bits per heavy atom. The van der Waals surface area contributed by atoms with E-state index in [0.29, 0.717) is 18.5 Å². The van der Waals surface area contributed by atoms with Crippen molar-refractivity contribution in [2.45, 2.75) is 13.3 Å². The lowest BCUT2D eigenvalue weighted by Crippen LogP contribution is -2.37.